The second-order valence-electron chi connectivity index (χ2n) is 4.14. The Kier molecular flexibility index (Phi) is 3.89. The summed E-state index contributed by atoms with van der Waals surface area (Å²) in [5.74, 6) is 0.980. The highest BCUT2D eigenvalue weighted by Crippen LogP contribution is 2.46. The van der Waals surface area contributed by atoms with Crippen LogP contribution in [-0.2, 0) is 0 Å². The molecule has 1 aromatic rings. The predicted molar refractivity (Wildman–Crippen MR) is 72.3 cm³/mol. The molecule has 6 heteroatoms. The fourth-order valence-electron chi connectivity index (χ4n) is 1.75. The summed E-state index contributed by atoms with van der Waals surface area (Å²) in [7, 11) is 1.53. The van der Waals surface area contributed by atoms with E-state index < -0.39 is 0 Å². The summed E-state index contributed by atoms with van der Waals surface area (Å²) in [5.41, 5.74) is 4.26. The van der Waals surface area contributed by atoms with Gasteiger partial charge in [0.25, 0.3) is 0 Å². The Bertz CT molecular complexity index is 592. The van der Waals surface area contributed by atoms with Crippen molar-refractivity contribution < 1.29 is 4.74 Å². The van der Waals surface area contributed by atoms with Crippen LogP contribution in [0.4, 0.5) is 5.69 Å². The van der Waals surface area contributed by atoms with Gasteiger partial charge in [-0.1, -0.05) is 11.6 Å². The van der Waals surface area contributed by atoms with Gasteiger partial charge in [0.05, 0.1) is 17.8 Å². The Hall–Kier alpha value is -2.24. The third-order valence-electron chi connectivity index (χ3n) is 2.84. The molecule has 96 valence electrons. The zero-order valence-electron chi connectivity index (χ0n) is 10.3. The van der Waals surface area contributed by atoms with Gasteiger partial charge in [-0.05, 0) is 30.4 Å². The fraction of sp³-hybridized carbons (Fsp3) is 0.308. The van der Waals surface area contributed by atoms with Crippen LogP contribution in [0.15, 0.2) is 17.2 Å². The van der Waals surface area contributed by atoms with Gasteiger partial charge in [-0.25, -0.2) is 0 Å². The van der Waals surface area contributed by atoms with Crippen LogP contribution in [-0.4, -0.2) is 12.8 Å². The van der Waals surface area contributed by atoms with Crippen molar-refractivity contribution in [2.24, 2.45) is 5.10 Å². The normalized spacial score (nSPS) is 13.1. The number of hydrazone groups is 1. The molecule has 0 heterocycles. The number of nitrogens with zero attached hydrogens (tertiary/aromatic N) is 3. The van der Waals surface area contributed by atoms with Gasteiger partial charge in [0.1, 0.15) is 17.9 Å². The van der Waals surface area contributed by atoms with E-state index in [1.165, 1.54) is 7.11 Å². The number of nitrogens with one attached hydrogen (secondary N) is 1. The van der Waals surface area contributed by atoms with E-state index in [4.69, 9.17) is 26.9 Å². The Balaban J connectivity index is 2.35. The molecular formula is C13H11ClN4O. The number of methoxy groups -OCH3 is 1. The van der Waals surface area contributed by atoms with Gasteiger partial charge in [0, 0.05) is 6.07 Å². The first-order valence-corrected chi connectivity index (χ1v) is 6.08. The fourth-order valence-corrected chi connectivity index (χ4v) is 1.99. The molecule has 5 nitrogen and oxygen atoms in total. The van der Waals surface area contributed by atoms with Crippen LogP contribution in [0.1, 0.15) is 24.3 Å². The molecule has 0 radical (unpaired) electrons. The maximum absolute atomic E-state index is 8.65. The van der Waals surface area contributed by atoms with Crippen molar-refractivity contribution in [1.82, 2.24) is 0 Å². The van der Waals surface area contributed by atoms with E-state index >= 15 is 0 Å². The summed E-state index contributed by atoms with van der Waals surface area (Å²) < 4.78 is 5.15. The molecule has 1 aliphatic carbocycles. The van der Waals surface area contributed by atoms with Crippen molar-refractivity contribution in [2.75, 3.05) is 12.5 Å². The first kappa shape index (κ1) is 13.2. The maximum atomic E-state index is 8.65. The first-order chi connectivity index (χ1) is 9.19. The summed E-state index contributed by atoms with van der Waals surface area (Å²) in [6.07, 6.45) is 2.20. The quantitative estimate of drug-likeness (QED) is 0.676. The molecule has 1 aliphatic rings. The second-order valence-corrected chi connectivity index (χ2v) is 4.55. The minimum absolute atomic E-state index is 0.226. The monoisotopic (exact) mass is 274 g/mol. The first-order valence-electron chi connectivity index (χ1n) is 5.71. The van der Waals surface area contributed by atoms with Crippen LogP contribution < -0.4 is 10.2 Å². The lowest BCUT2D eigenvalue weighted by atomic mass is 10.1. The van der Waals surface area contributed by atoms with Gasteiger partial charge in [-0.3, -0.25) is 5.43 Å². The van der Waals surface area contributed by atoms with Crippen molar-refractivity contribution in [3.8, 4) is 17.9 Å². The van der Waals surface area contributed by atoms with Crippen molar-refractivity contribution in [3.63, 3.8) is 0 Å². The topological polar surface area (TPSA) is 81.2 Å². The lowest BCUT2D eigenvalue weighted by molar-refractivity contribution is 0.415. The van der Waals surface area contributed by atoms with E-state index in [2.05, 4.69) is 10.5 Å². The SMILES string of the molecule is COc1cc(NN=C(C#N)C#N)c(C2CC2)cc1Cl. The number of hydrogen-bond donors (Lipinski definition) is 1. The second kappa shape index (κ2) is 5.60. The van der Waals surface area contributed by atoms with Crippen molar-refractivity contribution in [1.29, 1.82) is 10.5 Å². The molecule has 19 heavy (non-hydrogen) atoms. The van der Waals surface area contributed by atoms with E-state index in [-0.39, 0.29) is 5.71 Å². The van der Waals surface area contributed by atoms with E-state index in [1.807, 2.05) is 6.07 Å². The molecule has 0 aliphatic heterocycles. The van der Waals surface area contributed by atoms with Crippen LogP contribution >= 0.6 is 11.6 Å². The van der Waals surface area contributed by atoms with Crippen LogP contribution in [0.5, 0.6) is 5.75 Å². The summed E-state index contributed by atoms with van der Waals surface area (Å²) in [6.45, 7) is 0. The van der Waals surface area contributed by atoms with E-state index in [9.17, 15) is 0 Å². The molecule has 1 aromatic carbocycles. The van der Waals surface area contributed by atoms with Crippen molar-refractivity contribution >= 4 is 23.0 Å². The largest absolute Gasteiger partial charge is 0.495 e. The number of nitriles is 2. The number of rotatable bonds is 4. The molecule has 0 aromatic heterocycles. The number of anilines is 1. The summed E-state index contributed by atoms with van der Waals surface area (Å²) >= 11 is 6.10. The average Bonchev–Trinajstić information content (AvgIpc) is 3.25. The smallest absolute Gasteiger partial charge is 0.237 e. The zero-order valence-corrected chi connectivity index (χ0v) is 11.0. The van der Waals surface area contributed by atoms with Crippen LogP contribution in [0.2, 0.25) is 5.02 Å². The lowest BCUT2D eigenvalue weighted by Gasteiger charge is -2.11. The Morgan fingerprint density at radius 1 is 1.42 bits per heavy atom. The molecule has 0 atom stereocenters. The third kappa shape index (κ3) is 2.96. The van der Waals surface area contributed by atoms with Crippen LogP contribution in [0.25, 0.3) is 0 Å². The van der Waals surface area contributed by atoms with Crippen molar-refractivity contribution in [2.45, 2.75) is 18.8 Å². The highest BCUT2D eigenvalue weighted by atomic mass is 35.5. The molecule has 0 spiro atoms. The minimum Gasteiger partial charge on any atom is -0.495 e. The number of benzene rings is 1. The molecule has 0 bridgehead atoms. The highest BCUT2D eigenvalue weighted by Gasteiger charge is 2.27. The molecule has 1 fully saturated rings. The summed E-state index contributed by atoms with van der Waals surface area (Å²) in [6, 6.07) is 6.96. The van der Waals surface area contributed by atoms with Gasteiger partial charge < -0.3 is 4.74 Å². The zero-order chi connectivity index (χ0) is 13.8. The van der Waals surface area contributed by atoms with Crippen LogP contribution in [0, 0.1) is 22.7 Å². The Labute approximate surface area is 116 Å². The Morgan fingerprint density at radius 2 is 2.11 bits per heavy atom. The highest BCUT2D eigenvalue weighted by molar-refractivity contribution is 6.32. The summed E-state index contributed by atoms with van der Waals surface area (Å²) in [5, 5.41) is 21.6. The molecule has 0 unspecified atom stereocenters. The predicted octanol–water partition coefficient (Wildman–Crippen LogP) is 3.04. The number of ether oxygens (including phenoxy) is 1. The lowest BCUT2D eigenvalue weighted by Crippen LogP contribution is -2.00. The van der Waals surface area contributed by atoms with Gasteiger partial charge in [-0.2, -0.15) is 15.6 Å². The van der Waals surface area contributed by atoms with E-state index in [1.54, 1.807) is 18.2 Å². The van der Waals surface area contributed by atoms with Gasteiger partial charge in [0.15, 0.2) is 0 Å². The molecule has 0 amide bonds. The van der Waals surface area contributed by atoms with Gasteiger partial charge in [-0.15, -0.1) is 0 Å². The molecule has 2 rings (SSSR count). The Morgan fingerprint density at radius 3 is 2.63 bits per heavy atom. The standard InChI is InChI=1S/C13H11ClN4O/c1-19-13-5-12(18-17-9(6-15)7-16)10(4-11(13)14)8-2-3-8/h4-5,8,18H,2-3H2,1H3. The number of hydrogen-bond acceptors (Lipinski definition) is 5. The molecule has 1 saturated carbocycles. The van der Waals surface area contributed by atoms with Gasteiger partial charge >= 0.3 is 0 Å². The third-order valence-corrected chi connectivity index (χ3v) is 3.14. The van der Waals surface area contributed by atoms with Crippen molar-refractivity contribution in [3.05, 3.63) is 22.7 Å². The summed E-state index contributed by atoms with van der Waals surface area (Å²) in [4.78, 5) is 0. The van der Waals surface area contributed by atoms with Crippen LogP contribution in [0.3, 0.4) is 0 Å². The number of halogens is 1. The average molecular weight is 275 g/mol. The van der Waals surface area contributed by atoms with Gasteiger partial charge in [0.2, 0.25) is 5.71 Å². The minimum atomic E-state index is -0.226. The molecule has 0 saturated heterocycles. The maximum Gasteiger partial charge on any atom is 0.237 e. The van der Waals surface area contributed by atoms with E-state index in [0.717, 1.165) is 18.4 Å². The van der Waals surface area contributed by atoms with E-state index in [0.29, 0.717) is 22.4 Å². The molecular weight excluding hydrogens is 264 g/mol. The molecule has 1 N–H and O–H groups in total.